The number of hydrogen-bond donors (Lipinski definition) is 1. The molecule has 26 heavy (non-hydrogen) atoms. The number of unbranched alkanes of at least 4 members (excludes halogenated alkanes) is 2. The molecule has 1 N–H and O–H groups in total. The average Bonchev–Trinajstić information content (AvgIpc) is 2.83. The van der Waals surface area contributed by atoms with Crippen molar-refractivity contribution < 1.29 is 19.2 Å². The maximum absolute atomic E-state index is 12.2. The molecule has 140 valence electrons. The van der Waals surface area contributed by atoms with Crippen LogP contribution >= 0.6 is 0 Å². The largest absolute Gasteiger partial charge is 0.334 e. The second-order valence-corrected chi connectivity index (χ2v) is 6.33. The minimum Gasteiger partial charge on any atom is -0.325 e. The molecule has 5 amide bonds. The van der Waals surface area contributed by atoms with E-state index in [1.807, 2.05) is 19.1 Å². The van der Waals surface area contributed by atoms with E-state index in [-0.39, 0.29) is 6.54 Å². The Kier molecular flexibility index (Phi) is 6.89. The van der Waals surface area contributed by atoms with E-state index >= 15 is 0 Å². The van der Waals surface area contributed by atoms with Crippen LogP contribution in [0.15, 0.2) is 24.3 Å². The predicted molar refractivity (Wildman–Crippen MR) is 97.4 cm³/mol. The van der Waals surface area contributed by atoms with Crippen molar-refractivity contribution in [1.29, 1.82) is 0 Å². The first-order valence-electron chi connectivity index (χ1n) is 9.04. The number of rotatable bonds is 9. The number of hydrogen-bond acceptors (Lipinski definition) is 4. The van der Waals surface area contributed by atoms with Crippen LogP contribution in [-0.4, -0.2) is 46.6 Å². The molecule has 0 radical (unpaired) electrons. The van der Waals surface area contributed by atoms with Crippen LogP contribution in [0.4, 0.5) is 10.5 Å². The highest BCUT2D eigenvalue weighted by Crippen LogP contribution is 2.15. The molecule has 0 aliphatic carbocycles. The van der Waals surface area contributed by atoms with Gasteiger partial charge in [0.25, 0.3) is 0 Å². The quantitative estimate of drug-likeness (QED) is 0.542. The van der Waals surface area contributed by atoms with Gasteiger partial charge in [-0.1, -0.05) is 38.8 Å². The Labute approximate surface area is 153 Å². The summed E-state index contributed by atoms with van der Waals surface area (Å²) in [6, 6.07) is 6.73. The van der Waals surface area contributed by atoms with E-state index in [1.54, 1.807) is 12.1 Å². The number of imide groups is 2. The smallest absolute Gasteiger partial charge is 0.325 e. The zero-order chi connectivity index (χ0) is 19.1. The Morgan fingerprint density at radius 1 is 0.923 bits per heavy atom. The van der Waals surface area contributed by atoms with Gasteiger partial charge in [0, 0.05) is 12.2 Å². The van der Waals surface area contributed by atoms with Gasteiger partial charge < -0.3 is 5.32 Å². The van der Waals surface area contributed by atoms with E-state index < -0.39 is 30.3 Å². The summed E-state index contributed by atoms with van der Waals surface area (Å²) in [5.74, 6) is -2.33. The lowest BCUT2D eigenvalue weighted by molar-refractivity contribution is -0.143. The van der Waals surface area contributed by atoms with Gasteiger partial charge in [0.05, 0.1) is 0 Å². The first-order valence-corrected chi connectivity index (χ1v) is 9.04. The van der Waals surface area contributed by atoms with Crippen LogP contribution in [0.5, 0.6) is 0 Å². The molecule has 1 aliphatic heterocycles. The van der Waals surface area contributed by atoms with Gasteiger partial charge in [-0.25, -0.2) is 9.69 Å². The van der Waals surface area contributed by atoms with Gasteiger partial charge in [-0.2, -0.15) is 0 Å². The Morgan fingerprint density at radius 3 is 2.15 bits per heavy atom. The SMILES string of the molecule is CCCCc1ccc(NC(=O)CN2C(=O)C(=O)N(CCCC)C2=O)cc1. The van der Waals surface area contributed by atoms with Gasteiger partial charge in [-0.05, 0) is 37.0 Å². The summed E-state index contributed by atoms with van der Waals surface area (Å²) < 4.78 is 0. The maximum atomic E-state index is 12.2. The number of benzene rings is 1. The van der Waals surface area contributed by atoms with E-state index in [0.717, 1.165) is 30.6 Å². The highest BCUT2D eigenvalue weighted by Gasteiger charge is 2.44. The molecule has 1 fully saturated rings. The summed E-state index contributed by atoms with van der Waals surface area (Å²) in [7, 11) is 0. The molecule has 0 atom stereocenters. The van der Waals surface area contributed by atoms with Gasteiger partial charge in [-0.3, -0.25) is 19.3 Å². The number of carbonyl (C=O) groups excluding carboxylic acids is 4. The average molecular weight is 359 g/mol. The van der Waals surface area contributed by atoms with Crippen LogP contribution < -0.4 is 5.32 Å². The number of urea groups is 1. The third kappa shape index (κ3) is 4.68. The molecule has 0 unspecified atom stereocenters. The highest BCUT2D eigenvalue weighted by molar-refractivity contribution is 6.45. The minimum atomic E-state index is -0.948. The number of anilines is 1. The van der Waals surface area contributed by atoms with Crippen LogP contribution in [-0.2, 0) is 20.8 Å². The van der Waals surface area contributed by atoms with Crippen LogP contribution in [0, 0.1) is 0 Å². The molecule has 1 aromatic carbocycles. The molecule has 0 saturated carbocycles. The van der Waals surface area contributed by atoms with Crippen molar-refractivity contribution in [1.82, 2.24) is 9.80 Å². The Morgan fingerprint density at radius 2 is 1.54 bits per heavy atom. The molecule has 1 aliphatic rings. The topological polar surface area (TPSA) is 86.8 Å². The zero-order valence-electron chi connectivity index (χ0n) is 15.3. The Hall–Kier alpha value is -2.70. The molecule has 7 heteroatoms. The first kappa shape index (κ1) is 19.6. The fraction of sp³-hybridized carbons (Fsp3) is 0.474. The fourth-order valence-corrected chi connectivity index (χ4v) is 2.68. The summed E-state index contributed by atoms with van der Waals surface area (Å²) in [6.45, 7) is 3.77. The normalized spacial score (nSPS) is 14.3. The van der Waals surface area contributed by atoms with Gasteiger partial charge in [0.2, 0.25) is 5.91 Å². The lowest BCUT2D eigenvalue weighted by Crippen LogP contribution is -2.39. The van der Waals surface area contributed by atoms with Crippen molar-refractivity contribution in [3.8, 4) is 0 Å². The molecule has 0 aromatic heterocycles. The fourth-order valence-electron chi connectivity index (χ4n) is 2.68. The van der Waals surface area contributed by atoms with Crippen molar-refractivity contribution in [3.63, 3.8) is 0 Å². The van der Waals surface area contributed by atoms with Crippen LogP contribution in [0.3, 0.4) is 0 Å². The zero-order valence-corrected chi connectivity index (χ0v) is 15.3. The van der Waals surface area contributed by atoms with Crippen LogP contribution in [0.25, 0.3) is 0 Å². The molecule has 2 rings (SSSR count). The molecule has 7 nitrogen and oxygen atoms in total. The number of nitrogens with one attached hydrogen (secondary N) is 1. The first-order chi connectivity index (χ1) is 12.5. The number of amides is 5. The summed E-state index contributed by atoms with van der Waals surface area (Å²) in [5, 5.41) is 2.65. The second-order valence-electron chi connectivity index (χ2n) is 6.33. The second kappa shape index (κ2) is 9.12. The van der Waals surface area contributed by atoms with Crippen molar-refractivity contribution in [2.24, 2.45) is 0 Å². The van der Waals surface area contributed by atoms with E-state index in [1.165, 1.54) is 5.56 Å². The molecular weight excluding hydrogens is 334 g/mol. The lowest BCUT2D eigenvalue weighted by atomic mass is 10.1. The maximum Gasteiger partial charge on any atom is 0.334 e. The molecule has 1 heterocycles. The van der Waals surface area contributed by atoms with Crippen molar-refractivity contribution in [2.45, 2.75) is 46.0 Å². The molecule has 0 spiro atoms. The summed E-state index contributed by atoms with van der Waals surface area (Å²) >= 11 is 0. The van der Waals surface area contributed by atoms with Gasteiger partial charge in [0.15, 0.2) is 0 Å². The van der Waals surface area contributed by atoms with Crippen molar-refractivity contribution in [3.05, 3.63) is 29.8 Å². The van der Waals surface area contributed by atoms with Gasteiger partial charge in [0.1, 0.15) is 6.54 Å². The molecule has 0 bridgehead atoms. The lowest BCUT2D eigenvalue weighted by Gasteiger charge is -2.15. The third-order valence-electron chi connectivity index (χ3n) is 4.23. The monoisotopic (exact) mass is 359 g/mol. The van der Waals surface area contributed by atoms with E-state index in [2.05, 4.69) is 12.2 Å². The highest BCUT2D eigenvalue weighted by atomic mass is 16.2. The molecule has 1 saturated heterocycles. The van der Waals surface area contributed by atoms with Gasteiger partial charge >= 0.3 is 17.8 Å². The Balaban J connectivity index is 1.93. The summed E-state index contributed by atoms with van der Waals surface area (Å²) in [4.78, 5) is 49.8. The summed E-state index contributed by atoms with van der Waals surface area (Å²) in [6.07, 6.45) is 4.62. The van der Waals surface area contributed by atoms with Crippen LogP contribution in [0.2, 0.25) is 0 Å². The predicted octanol–water partition coefficient (Wildman–Crippen LogP) is 2.56. The minimum absolute atomic E-state index is 0.192. The molecule has 1 aromatic rings. The Bertz CT molecular complexity index is 685. The standard InChI is InChI=1S/C19H25N3O4/c1-3-5-7-14-8-10-15(11-9-14)20-16(23)13-22-18(25)17(24)21(19(22)26)12-6-4-2/h8-11H,3-7,12-13H2,1-2H3,(H,20,23). The van der Waals surface area contributed by atoms with E-state index in [4.69, 9.17) is 0 Å². The third-order valence-corrected chi connectivity index (χ3v) is 4.23. The van der Waals surface area contributed by atoms with E-state index in [9.17, 15) is 19.2 Å². The van der Waals surface area contributed by atoms with E-state index in [0.29, 0.717) is 17.0 Å². The van der Waals surface area contributed by atoms with Gasteiger partial charge in [-0.15, -0.1) is 0 Å². The summed E-state index contributed by atoms with van der Waals surface area (Å²) in [5.41, 5.74) is 1.77. The number of carbonyl (C=O) groups is 4. The molecular formula is C19H25N3O4. The number of aryl methyl sites for hydroxylation is 1. The van der Waals surface area contributed by atoms with Crippen LogP contribution in [0.1, 0.15) is 45.1 Å². The number of nitrogens with zero attached hydrogens (tertiary/aromatic N) is 2. The van der Waals surface area contributed by atoms with Crippen molar-refractivity contribution in [2.75, 3.05) is 18.4 Å². The van der Waals surface area contributed by atoms with Crippen molar-refractivity contribution >= 4 is 29.4 Å².